The molecular weight excluding hydrogens is 188 g/mol. The van der Waals surface area contributed by atoms with Crippen LogP contribution < -0.4 is 0 Å². The van der Waals surface area contributed by atoms with Crippen LogP contribution in [0.5, 0.6) is 0 Å². The van der Waals surface area contributed by atoms with Crippen LogP contribution in [0.4, 0.5) is 0 Å². The van der Waals surface area contributed by atoms with E-state index in [0.717, 1.165) is 15.9 Å². The van der Waals surface area contributed by atoms with Gasteiger partial charge in [-0.05, 0) is 36.3 Å². The van der Waals surface area contributed by atoms with E-state index in [0.29, 0.717) is 0 Å². The average Bonchev–Trinajstić information content (AvgIpc) is 2.01. The van der Waals surface area contributed by atoms with E-state index in [1.807, 2.05) is 0 Å². The van der Waals surface area contributed by atoms with Crippen LogP contribution in [-0.2, 0) is 0 Å². The van der Waals surface area contributed by atoms with Crippen molar-refractivity contribution in [3.8, 4) is 0 Å². The van der Waals surface area contributed by atoms with Crippen molar-refractivity contribution in [3.63, 3.8) is 0 Å². The highest BCUT2D eigenvalue weighted by molar-refractivity contribution is 8.00. The Hall–Kier alpha value is 0.350. The van der Waals surface area contributed by atoms with Gasteiger partial charge >= 0.3 is 0 Å². The van der Waals surface area contributed by atoms with Gasteiger partial charge in [-0.3, -0.25) is 0 Å². The maximum absolute atomic E-state index is 2.33. The highest BCUT2D eigenvalue weighted by Gasteiger charge is 2.42. The van der Waals surface area contributed by atoms with Gasteiger partial charge in [-0.15, -0.1) is 0 Å². The van der Waals surface area contributed by atoms with Gasteiger partial charge in [0.15, 0.2) is 0 Å². The third-order valence-corrected chi connectivity index (χ3v) is 4.61. The molecule has 0 amide bonds. The molecule has 0 nitrogen and oxygen atoms in total. The van der Waals surface area contributed by atoms with E-state index in [-0.39, 0.29) is 0 Å². The van der Waals surface area contributed by atoms with Gasteiger partial charge in [-0.2, -0.15) is 11.8 Å². The van der Waals surface area contributed by atoms with Gasteiger partial charge in [0.1, 0.15) is 0 Å². The highest BCUT2D eigenvalue weighted by atomic mass is 32.2. The lowest BCUT2D eigenvalue weighted by Gasteiger charge is -2.48. The molecule has 14 heavy (non-hydrogen) atoms. The van der Waals surface area contributed by atoms with Gasteiger partial charge in [0.25, 0.3) is 0 Å². The molecule has 0 aromatic carbocycles. The van der Waals surface area contributed by atoms with Crippen molar-refractivity contribution in [3.05, 3.63) is 0 Å². The molecule has 0 heterocycles. The largest absolute Gasteiger partial charge is 0.156 e. The SMILES string of the molecule is CCCC1(CCC)CC(SC(C)C)C1. The topological polar surface area (TPSA) is 0 Å². The highest BCUT2D eigenvalue weighted by Crippen LogP contribution is 2.53. The molecule has 0 N–H and O–H groups in total. The summed E-state index contributed by atoms with van der Waals surface area (Å²) in [4.78, 5) is 0. The fourth-order valence-electron chi connectivity index (χ4n) is 2.98. The van der Waals surface area contributed by atoms with Gasteiger partial charge in [0.05, 0.1) is 0 Å². The first-order valence-corrected chi connectivity index (χ1v) is 7.21. The van der Waals surface area contributed by atoms with Crippen LogP contribution in [0.1, 0.15) is 66.2 Å². The maximum atomic E-state index is 2.33. The van der Waals surface area contributed by atoms with Gasteiger partial charge < -0.3 is 0 Å². The Morgan fingerprint density at radius 2 is 1.64 bits per heavy atom. The van der Waals surface area contributed by atoms with Crippen molar-refractivity contribution in [2.75, 3.05) is 0 Å². The summed E-state index contributed by atoms with van der Waals surface area (Å²) >= 11 is 2.20. The molecule has 0 spiro atoms. The minimum atomic E-state index is 0.760. The van der Waals surface area contributed by atoms with Crippen LogP contribution in [0.2, 0.25) is 0 Å². The summed E-state index contributed by atoms with van der Waals surface area (Å²) in [7, 11) is 0. The molecule has 1 aliphatic rings. The minimum absolute atomic E-state index is 0.760. The first-order chi connectivity index (χ1) is 6.62. The number of thioether (sulfide) groups is 1. The van der Waals surface area contributed by atoms with Gasteiger partial charge in [-0.25, -0.2) is 0 Å². The Morgan fingerprint density at radius 3 is 2.00 bits per heavy atom. The molecule has 0 radical (unpaired) electrons. The van der Waals surface area contributed by atoms with Crippen molar-refractivity contribution < 1.29 is 0 Å². The quantitative estimate of drug-likeness (QED) is 0.607. The molecule has 0 aromatic rings. The fourth-order valence-corrected chi connectivity index (χ4v) is 4.65. The third-order valence-electron chi connectivity index (χ3n) is 3.35. The van der Waals surface area contributed by atoms with Crippen LogP contribution in [0.15, 0.2) is 0 Å². The predicted octanol–water partition coefficient (Wildman–Crippen LogP) is 4.88. The van der Waals surface area contributed by atoms with E-state index in [9.17, 15) is 0 Å². The minimum Gasteiger partial charge on any atom is -0.156 e. The second kappa shape index (κ2) is 5.44. The number of rotatable bonds is 6. The van der Waals surface area contributed by atoms with E-state index in [2.05, 4.69) is 39.5 Å². The van der Waals surface area contributed by atoms with Crippen molar-refractivity contribution in [2.24, 2.45) is 5.41 Å². The molecule has 0 atom stereocenters. The Kier molecular flexibility index (Phi) is 4.82. The van der Waals surface area contributed by atoms with Crippen molar-refractivity contribution in [1.82, 2.24) is 0 Å². The van der Waals surface area contributed by atoms with Crippen molar-refractivity contribution in [2.45, 2.75) is 76.7 Å². The normalized spacial score (nSPS) is 21.2. The lowest BCUT2D eigenvalue weighted by Crippen LogP contribution is -2.39. The Morgan fingerprint density at radius 1 is 1.14 bits per heavy atom. The van der Waals surface area contributed by atoms with Gasteiger partial charge in [0, 0.05) is 5.25 Å². The summed E-state index contributed by atoms with van der Waals surface area (Å²) in [6, 6.07) is 0. The maximum Gasteiger partial charge on any atom is 0.00602 e. The van der Waals surface area contributed by atoms with Crippen LogP contribution >= 0.6 is 11.8 Å². The summed E-state index contributed by atoms with van der Waals surface area (Å²) in [5.41, 5.74) is 0.760. The molecule has 0 unspecified atom stereocenters. The molecule has 84 valence electrons. The van der Waals surface area contributed by atoms with E-state index >= 15 is 0 Å². The smallest absolute Gasteiger partial charge is 0.00602 e. The van der Waals surface area contributed by atoms with Crippen LogP contribution in [0.25, 0.3) is 0 Å². The third kappa shape index (κ3) is 3.18. The molecule has 1 rings (SSSR count). The van der Waals surface area contributed by atoms with Gasteiger partial charge in [-0.1, -0.05) is 40.5 Å². The van der Waals surface area contributed by atoms with Crippen LogP contribution in [0.3, 0.4) is 0 Å². The number of hydrogen-bond acceptors (Lipinski definition) is 1. The molecule has 0 aromatic heterocycles. The molecule has 1 fully saturated rings. The van der Waals surface area contributed by atoms with Crippen molar-refractivity contribution >= 4 is 11.8 Å². The fraction of sp³-hybridized carbons (Fsp3) is 1.00. The zero-order chi connectivity index (χ0) is 10.6. The second-order valence-electron chi connectivity index (χ2n) is 5.22. The zero-order valence-electron chi connectivity index (χ0n) is 10.3. The van der Waals surface area contributed by atoms with E-state index < -0.39 is 0 Å². The first kappa shape index (κ1) is 12.4. The molecule has 1 heteroatoms. The molecule has 0 aliphatic heterocycles. The van der Waals surface area contributed by atoms with Crippen molar-refractivity contribution in [1.29, 1.82) is 0 Å². The Bertz CT molecular complexity index is 149. The number of hydrogen-bond donors (Lipinski definition) is 0. The van der Waals surface area contributed by atoms with E-state index in [1.165, 1.54) is 38.5 Å². The van der Waals surface area contributed by atoms with E-state index in [1.54, 1.807) is 0 Å². The summed E-state index contributed by atoms with van der Waals surface area (Å²) in [5.74, 6) is 0. The summed E-state index contributed by atoms with van der Waals surface area (Å²) < 4.78 is 0. The Balaban J connectivity index is 2.31. The summed E-state index contributed by atoms with van der Waals surface area (Å²) in [6.07, 6.45) is 8.68. The lowest BCUT2D eigenvalue weighted by molar-refractivity contribution is 0.112. The van der Waals surface area contributed by atoms with Crippen LogP contribution in [0, 0.1) is 5.41 Å². The lowest BCUT2D eigenvalue weighted by atomic mass is 9.63. The first-order valence-electron chi connectivity index (χ1n) is 6.27. The van der Waals surface area contributed by atoms with E-state index in [4.69, 9.17) is 0 Å². The Labute approximate surface area is 94.2 Å². The average molecular weight is 214 g/mol. The molecule has 0 saturated heterocycles. The molecule has 0 bridgehead atoms. The predicted molar refractivity (Wildman–Crippen MR) is 68.0 cm³/mol. The van der Waals surface area contributed by atoms with Crippen LogP contribution in [-0.4, -0.2) is 10.5 Å². The molecule has 1 aliphatic carbocycles. The monoisotopic (exact) mass is 214 g/mol. The summed E-state index contributed by atoms with van der Waals surface area (Å²) in [6.45, 7) is 9.31. The van der Waals surface area contributed by atoms with Gasteiger partial charge in [0.2, 0.25) is 0 Å². The molecule has 1 saturated carbocycles. The zero-order valence-corrected chi connectivity index (χ0v) is 11.1. The standard InChI is InChI=1S/C13H26S/c1-5-7-13(8-6-2)9-12(10-13)14-11(3)4/h11-12H,5-10H2,1-4H3. The molecular formula is C13H26S. The second-order valence-corrected chi connectivity index (χ2v) is 7.10. The summed E-state index contributed by atoms with van der Waals surface area (Å²) in [5, 5.41) is 1.80.